The summed E-state index contributed by atoms with van der Waals surface area (Å²) in [6.45, 7) is 1.73. The van der Waals surface area contributed by atoms with E-state index in [2.05, 4.69) is 20.9 Å². The summed E-state index contributed by atoms with van der Waals surface area (Å²) in [5.41, 5.74) is 5.82. The van der Waals surface area contributed by atoms with Gasteiger partial charge in [-0.05, 0) is 35.0 Å². The zero-order chi connectivity index (χ0) is 9.14. The summed E-state index contributed by atoms with van der Waals surface area (Å²) in [6.07, 6.45) is 0. The zero-order valence-corrected chi connectivity index (χ0v) is 8.21. The molecule has 3 nitrogen and oxygen atoms in total. The Balaban J connectivity index is 2.95. The molecule has 0 bridgehead atoms. The van der Waals surface area contributed by atoms with Gasteiger partial charge in [0.05, 0.1) is 11.6 Å². The third-order valence-corrected chi connectivity index (χ3v) is 2.05. The fourth-order valence-corrected chi connectivity index (χ4v) is 1.17. The van der Waals surface area contributed by atoms with Gasteiger partial charge in [-0.15, -0.1) is 0 Å². The van der Waals surface area contributed by atoms with Crippen LogP contribution in [0.2, 0.25) is 0 Å². The molecule has 1 heterocycles. The van der Waals surface area contributed by atoms with E-state index in [1.54, 1.807) is 19.1 Å². The van der Waals surface area contributed by atoms with Gasteiger partial charge in [0, 0.05) is 0 Å². The second-order valence-electron chi connectivity index (χ2n) is 2.51. The van der Waals surface area contributed by atoms with Gasteiger partial charge in [0.1, 0.15) is 4.60 Å². The van der Waals surface area contributed by atoms with E-state index in [1.807, 2.05) is 6.07 Å². The third kappa shape index (κ3) is 2.04. The molecule has 0 aliphatic rings. The highest BCUT2D eigenvalue weighted by molar-refractivity contribution is 9.10. The molecule has 1 unspecified atom stereocenters. The molecule has 64 valence electrons. The maximum absolute atomic E-state index is 10.8. The molecule has 1 atom stereocenters. The van der Waals surface area contributed by atoms with Gasteiger partial charge in [-0.3, -0.25) is 4.79 Å². The van der Waals surface area contributed by atoms with Gasteiger partial charge in [0.2, 0.25) is 5.91 Å². The first-order chi connectivity index (χ1) is 5.61. The van der Waals surface area contributed by atoms with Crippen molar-refractivity contribution in [1.82, 2.24) is 4.98 Å². The van der Waals surface area contributed by atoms with Crippen LogP contribution in [0.1, 0.15) is 18.5 Å². The Morgan fingerprint density at radius 1 is 1.67 bits per heavy atom. The summed E-state index contributed by atoms with van der Waals surface area (Å²) in [5, 5.41) is 0. The molecule has 1 amide bonds. The summed E-state index contributed by atoms with van der Waals surface area (Å²) in [4.78, 5) is 14.9. The summed E-state index contributed by atoms with van der Waals surface area (Å²) in [5.74, 6) is -0.692. The first-order valence-electron chi connectivity index (χ1n) is 3.53. The molecule has 0 fully saturated rings. The highest BCUT2D eigenvalue weighted by Crippen LogP contribution is 2.14. The molecule has 0 saturated carbocycles. The van der Waals surface area contributed by atoms with Crippen molar-refractivity contribution in [2.45, 2.75) is 12.8 Å². The number of amides is 1. The average molecular weight is 229 g/mol. The lowest BCUT2D eigenvalue weighted by Crippen LogP contribution is -2.19. The molecule has 0 aliphatic heterocycles. The highest BCUT2D eigenvalue weighted by Gasteiger charge is 2.12. The van der Waals surface area contributed by atoms with E-state index in [-0.39, 0.29) is 11.8 Å². The van der Waals surface area contributed by atoms with Crippen molar-refractivity contribution in [3.05, 3.63) is 28.5 Å². The van der Waals surface area contributed by atoms with Crippen molar-refractivity contribution in [2.24, 2.45) is 5.73 Å². The minimum absolute atomic E-state index is 0.331. The van der Waals surface area contributed by atoms with Crippen LogP contribution >= 0.6 is 15.9 Å². The number of carbonyl (C=O) groups excluding carboxylic acids is 1. The summed E-state index contributed by atoms with van der Waals surface area (Å²) < 4.78 is 0.716. The van der Waals surface area contributed by atoms with E-state index in [4.69, 9.17) is 5.73 Å². The minimum Gasteiger partial charge on any atom is -0.369 e. The number of rotatable bonds is 2. The van der Waals surface area contributed by atoms with Crippen LogP contribution in [-0.4, -0.2) is 10.9 Å². The molecule has 1 rings (SSSR count). The fourth-order valence-electron chi connectivity index (χ4n) is 0.811. The van der Waals surface area contributed by atoms with Crippen LogP contribution in [0.5, 0.6) is 0 Å². The minimum atomic E-state index is -0.361. The number of primary amides is 1. The molecule has 0 aromatic carbocycles. The molecule has 2 N–H and O–H groups in total. The Kier molecular flexibility index (Phi) is 2.81. The lowest BCUT2D eigenvalue weighted by atomic mass is 10.1. The zero-order valence-electron chi connectivity index (χ0n) is 6.62. The normalized spacial score (nSPS) is 12.5. The summed E-state index contributed by atoms with van der Waals surface area (Å²) >= 11 is 3.22. The molecule has 0 radical (unpaired) electrons. The van der Waals surface area contributed by atoms with Crippen LogP contribution in [0.15, 0.2) is 22.8 Å². The number of aromatic nitrogens is 1. The Hall–Kier alpha value is -0.900. The molecular weight excluding hydrogens is 220 g/mol. The predicted octanol–water partition coefficient (Wildman–Crippen LogP) is 1.43. The molecule has 0 spiro atoms. The number of pyridine rings is 1. The summed E-state index contributed by atoms with van der Waals surface area (Å²) in [6, 6.07) is 5.41. The van der Waals surface area contributed by atoms with Gasteiger partial charge < -0.3 is 5.73 Å². The maximum Gasteiger partial charge on any atom is 0.226 e. The van der Waals surface area contributed by atoms with Crippen molar-refractivity contribution in [1.29, 1.82) is 0 Å². The Morgan fingerprint density at radius 2 is 2.33 bits per heavy atom. The van der Waals surface area contributed by atoms with Gasteiger partial charge in [-0.1, -0.05) is 6.07 Å². The molecule has 4 heteroatoms. The van der Waals surface area contributed by atoms with Crippen molar-refractivity contribution in [3.63, 3.8) is 0 Å². The molecule has 0 aliphatic carbocycles. The van der Waals surface area contributed by atoms with Crippen molar-refractivity contribution in [3.8, 4) is 0 Å². The van der Waals surface area contributed by atoms with E-state index in [1.165, 1.54) is 0 Å². The summed E-state index contributed by atoms with van der Waals surface area (Å²) in [7, 11) is 0. The van der Waals surface area contributed by atoms with Crippen molar-refractivity contribution >= 4 is 21.8 Å². The van der Waals surface area contributed by atoms with Crippen molar-refractivity contribution < 1.29 is 4.79 Å². The number of halogens is 1. The number of hydrogen-bond acceptors (Lipinski definition) is 2. The molecular formula is C8H9BrN2O. The van der Waals surface area contributed by atoms with Crippen LogP contribution in [0.25, 0.3) is 0 Å². The second kappa shape index (κ2) is 3.67. The van der Waals surface area contributed by atoms with E-state index < -0.39 is 0 Å². The van der Waals surface area contributed by atoms with Gasteiger partial charge in [-0.2, -0.15) is 0 Å². The van der Waals surface area contributed by atoms with Crippen LogP contribution in [0, 0.1) is 0 Å². The van der Waals surface area contributed by atoms with E-state index in [0.717, 1.165) is 0 Å². The van der Waals surface area contributed by atoms with Gasteiger partial charge in [0.15, 0.2) is 0 Å². The Labute approximate surface area is 79.1 Å². The van der Waals surface area contributed by atoms with Crippen LogP contribution in [-0.2, 0) is 4.79 Å². The first-order valence-corrected chi connectivity index (χ1v) is 4.32. The highest BCUT2D eigenvalue weighted by atomic mass is 79.9. The van der Waals surface area contributed by atoms with E-state index in [9.17, 15) is 4.79 Å². The van der Waals surface area contributed by atoms with Crippen LogP contribution < -0.4 is 5.73 Å². The lowest BCUT2D eigenvalue weighted by Gasteiger charge is -2.05. The fraction of sp³-hybridized carbons (Fsp3) is 0.250. The predicted molar refractivity (Wildman–Crippen MR) is 49.5 cm³/mol. The number of nitrogens with two attached hydrogens (primary N) is 1. The van der Waals surface area contributed by atoms with Crippen LogP contribution in [0.4, 0.5) is 0 Å². The first kappa shape index (κ1) is 9.19. The molecule has 0 saturated heterocycles. The van der Waals surface area contributed by atoms with Gasteiger partial charge in [-0.25, -0.2) is 4.98 Å². The molecule has 12 heavy (non-hydrogen) atoms. The van der Waals surface area contributed by atoms with Gasteiger partial charge >= 0.3 is 0 Å². The standard InChI is InChI=1S/C8H9BrN2O/c1-5(8(10)12)6-3-2-4-7(9)11-6/h2-5H,1H3,(H2,10,12). The Bertz CT molecular complexity index is 301. The average Bonchev–Trinajstić information content (AvgIpc) is 2.03. The molecule has 1 aromatic rings. The Morgan fingerprint density at radius 3 is 2.83 bits per heavy atom. The van der Waals surface area contributed by atoms with Crippen LogP contribution in [0.3, 0.4) is 0 Å². The lowest BCUT2D eigenvalue weighted by molar-refractivity contribution is -0.119. The monoisotopic (exact) mass is 228 g/mol. The SMILES string of the molecule is CC(C(N)=O)c1cccc(Br)n1. The largest absolute Gasteiger partial charge is 0.369 e. The smallest absolute Gasteiger partial charge is 0.226 e. The number of carbonyl (C=O) groups is 1. The number of hydrogen-bond donors (Lipinski definition) is 1. The topological polar surface area (TPSA) is 56.0 Å². The number of nitrogens with zero attached hydrogens (tertiary/aromatic N) is 1. The third-order valence-electron chi connectivity index (χ3n) is 1.61. The van der Waals surface area contributed by atoms with E-state index >= 15 is 0 Å². The maximum atomic E-state index is 10.8. The quantitative estimate of drug-likeness (QED) is 0.780. The van der Waals surface area contributed by atoms with Crippen molar-refractivity contribution in [2.75, 3.05) is 0 Å². The van der Waals surface area contributed by atoms with E-state index in [0.29, 0.717) is 10.3 Å². The molecule has 1 aromatic heterocycles. The van der Waals surface area contributed by atoms with Gasteiger partial charge in [0.25, 0.3) is 0 Å². The second-order valence-corrected chi connectivity index (χ2v) is 3.32.